The maximum atomic E-state index is 12.7. The Bertz CT molecular complexity index is 871. The highest BCUT2D eigenvalue weighted by Gasteiger charge is 2.22. The number of rotatable bonds is 8. The first-order valence-corrected chi connectivity index (χ1v) is 11.7. The second-order valence-electron chi connectivity index (χ2n) is 7.67. The Kier molecular flexibility index (Phi) is 8.27. The van der Waals surface area contributed by atoms with E-state index in [2.05, 4.69) is 33.5 Å². The van der Waals surface area contributed by atoms with Gasteiger partial charge in [0, 0.05) is 33.2 Å². The molecule has 0 spiro atoms. The minimum atomic E-state index is 0.0121. The topological polar surface area (TPSA) is 63.5 Å². The molecule has 2 heterocycles. The third-order valence-electron chi connectivity index (χ3n) is 4.69. The fraction of sp³-hybridized carbons (Fsp3) is 0.550. The summed E-state index contributed by atoms with van der Waals surface area (Å²) in [5.74, 6) is 1.59. The number of amides is 1. The van der Waals surface area contributed by atoms with Crippen molar-refractivity contribution in [2.75, 3.05) is 44.0 Å². The van der Waals surface area contributed by atoms with Crippen LogP contribution in [0, 0.1) is 5.92 Å². The molecule has 2 aromatic rings. The SMILES string of the molecule is CC(C)Cn1c(SCC(=O)N(C)Cc2ccc(Cl)c(Cl)c2)nnc1N1CCOCC1. The summed E-state index contributed by atoms with van der Waals surface area (Å²) >= 11 is 13.5. The lowest BCUT2D eigenvalue weighted by atomic mass is 10.2. The van der Waals surface area contributed by atoms with Gasteiger partial charge in [-0.3, -0.25) is 9.36 Å². The number of nitrogens with zero attached hydrogens (tertiary/aromatic N) is 5. The van der Waals surface area contributed by atoms with Gasteiger partial charge in [-0.25, -0.2) is 0 Å². The van der Waals surface area contributed by atoms with E-state index in [1.807, 2.05) is 6.07 Å². The van der Waals surface area contributed by atoms with Crippen LogP contribution in [0.15, 0.2) is 23.4 Å². The molecule has 0 bridgehead atoms. The summed E-state index contributed by atoms with van der Waals surface area (Å²) in [6.07, 6.45) is 0. The number of morpholine rings is 1. The van der Waals surface area contributed by atoms with Crippen molar-refractivity contribution in [2.45, 2.75) is 32.1 Å². The molecule has 1 fully saturated rings. The minimum Gasteiger partial charge on any atom is -0.378 e. The molecule has 0 N–H and O–H groups in total. The Balaban J connectivity index is 1.64. The van der Waals surface area contributed by atoms with Crippen molar-refractivity contribution < 1.29 is 9.53 Å². The summed E-state index contributed by atoms with van der Waals surface area (Å²) < 4.78 is 7.56. The summed E-state index contributed by atoms with van der Waals surface area (Å²) in [6, 6.07) is 5.40. The van der Waals surface area contributed by atoms with Gasteiger partial charge in [-0.05, 0) is 23.6 Å². The number of halogens is 2. The van der Waals surface area contributed by atoms with Gasteiger partial charge in [-0.1, -0.05) is 54.9 Å². The average molecular weight is 472 g/mol. The van der Waals surface area contributed by atoms with E-state index in [9.17, 15) is 4.79 Å². The molecular weight excluding hydrogens is 445 g/mol. The summed E-state index contributed by atoms with van der Waals surface area (Å²) in [5, 5.41) is 10.5. The van der Waals surface area contributed by atoms with Crippen molar-refractivity contribution in [1.82, 2.24) is 19.7 Å². The number of hydrogen-bond donors (Lipinski definition) is 0. The van der Waals surface area contributed by atoms with E-state index in [0.29, 0.717) is 35.7 Å². The zero-order valence-electron chi connectivity index (χ0n) is 17.5. The Hall–Kier alpha value is -1.48. The highest BCUT2D eigenvalue weighted by molar-refractivity contribution is 7.99. The van der Waals surface area contributed by atoms with Gasteiger partial charge >= 0.3 is 0 Å². The van der Waals surface area contributed by atoms with Crippen molar-refractivity contribution in [1.29, 1.82) is 0 Å². The molecule has 0 radical (unpaired) electrons. The maximum Gasteiger partial charge on any atom is 0.233 e. The predicted octanol–water partition coefficient (Wildman–Crippen LogP) is 3.83. The molecule has 1 aliphatic rings. The third-order valence-corrected chi connectivity index (χ3v) is 6.38. The second kappa shape index (κ2) is 10.7. The van der Waals surface area contributed by atoms with E-state index >= 15 is 0 Å². The maximum absolute atomic E-state index is 12.7. The third kappa shape index (κ3) is 6.03. The highest BCUT2D eigenvalue weighted by atomic mass is 35.5. The zero-order valence-corrected chi connectivity index (χ0v) is 19.8. The van der Waals surface area contributed by atoms with Crippen LogP contribution in [0.1, 0.15) is 19.4 Å². The first kappa shape index (κ1) is 23.2. The monoisotopic (exact) mass is 471 g/mol. The van der Waals surface area contributed by atoms with Crippen LogP contribution < -0.4 is 4.90 Å². The van der Waals surface area contributed by atoms with Crippen molar-refractivity contribution in [3.8, 4) is 0 Å². The number of ether oxygens (including phenoxy) is 1. The molecular formula is C20H27Cl2N5O2S. The number of benzene rings is 1. The number of thioether (sulfide) groups is 1. The van der Waals surface area contributed by atoms with E-state index < -0.39 is 0 Å². The quantitative estimate of drug-likeness (QED) is 0.545. The van der Waals surface area contributed by atoms with Gasteiger partial charge in [-0.2, -0.15) is 0 Å². The standard InChI is InChI=1S/C20H27Cl2N5O2S/c1-14(2)11-27-19(26-6-8-29-9-7-26)23-24-20(27)30-13-18(28)25(3)12-15-4-5-16(21)17(22)10-15/h4-5,10,14H,6-9,11-13H2,1-3H3. The molecule has 0 unspecified atom stereocenters. The molecule has 10 heteroatoms. The van der Waals surface area contributed by atoms with Crippen LogP contribution in [0.5, 0.6) is 0 Å². The van der Waals surface area contributed by atoms with E-state index in [4.69, 9.17) is 27.9 Å². The second-order valence-corrected chi connectivity index (χ2v) is 9.43. The van der Waals surface area contributed by atoms with Gasteiger partial charge in [0.15, 0.2) is 5.16 Å². The van der Waals surface area contributed by atoms with Crippen molar-refractivity contribution >= 4 is 46.8 Å². The summed E-state index contributed by atoms with van der Waals surface area (Å²) in [5.41, 5.74) is 0.933. The molecule has 1 saturated heterocycles. The lowest BCUT2D eigenvalue weighted by molar-refractivity contribution is -0.127. The fourth-order valence-corrected chi connectivity index (χ4v) is 4.35. The van der Waals surface area contributed by atoms with Crippen molar-refractivity contribution in [2.24, 2.45) is 5.92 Å². The van der Waals surface area contributed by atoms with Gasteiger partial charge < -0.3 is 14.5 Å². The van der Waals surface area contributed by atoms with E-state index in [1.54, 1.807) is 24.1 Å². The number of hydrogen-bond acceptors (Lipinski definition) is 6. The van der Waals surface area contributed by atoms with Gasteiger partial charge in [0.25, 0.3) is 0 Å². The molecule has 1 aromatic carbocycles. The minimum absolute atomic E-state index is 0.0121. The van der Waals surface area contributed by atoms with Crippen LogP contribution in [0.2, 0.25) is 10.0 Å². The Morgan fingerprint density at radius 3 is 2.63 bits per heavy atom. The average Bonchev–Trinajstić information content (AvgIpc) is 3.11. The Morgan fingerprint density at radius 1 is 1.23 bits per heavy atom. The highest BCUT2D eigenvalue weighted by Crippen LogP contribution is 2.25. The van der Waals surface area contributed by atoms with Crippen LogP contribution in [-0.2, 0) is 22.6 Å². The predicted molar refractivity (Wildman–Crippen MR) is 122 cm³/mol. The number of carbonyl (C=O) groups is 1. The van der Waals surface area contributed by atoms with Crippen LogP contribution in [0.25, 0.3) is 0 Å². The Morgan fingerprint density at radius 2 is 1.97 bits per heavy atom. The molecule has 3 rings (SSSR count). The molecule has 7 nitrogen and oxygen atoms in total. The molecule has 0 aliphatic carbocycles. The van der Waals surface area contributed by atoms with Gasteiger partial charge in [0.05, 0.1) is 29.0 Å². The molecule has 1 amide bonds. The van der Waals surface area contributed by atoms with E-state index in [0.717, 1.165) is 36.3 Å². The lowest BCUT2D eigenvalue weighted by Crippen LogP contribution is -2.38. The Labute approximate surface area is 191 Å². The molecule has 0 atom stereocenters. The number of anilines is 1. The van der Waals surface area contributed by atoms with E-state index in [1.165, 1.54) is 11.8 Å². The molecule has 0 saturated carbocycles. The first-order chi connectivity index (χ1) is 14.3. The van der Waals surface area contributed by atoms with Crippen molar-refractivity contribution in [3.05, 3.63) is 33.8 Å². The largest absolute Gasteiger partial charge is 0.378 e. The molecule has 1 aliphatic heterocycles. The molecule has 1 aromatic heterocycles. The zero-order chi connectivity index (χ0) is 21.7. The number of carbonyl (C=O) groups excluding carboxylic acids is 1. The fourth-order valence-electron chi connectivity index (χ4n) is 3.15. The van der Waals surface area contributed by atoms with Crippen LogP contribution >= 0.6 is 35.0 Å². The summed E-state index contributed by atoms with van der Waals surface area (Å²) in [7, 11) is 1.78. The summed E-state index contributed by atoms with van der Waals surface area (Å²) in [4.78, 5) is 16.6. The lowest BCUT2D eigenvalue weighted by Gasteiger charge is -2.28. The van der Waals surface area contributed by atoms with Crippen molar-refractivity contribution in [3.63, 3.8) is 0 Å². The van der Waals surface area contributed by atoms with Crippen LogP contribution in [0.4, 0.5) is 5.95 Å². The van der Waals surface area contributed by atoms with Gasteiger partial charge in [0.1, 0.15) is 0 Å². The molecule has 164 valence electrons. The van der Waals surface area contributed by atoms with Gasteiger partial charge in [-0.15, -0.1) is 10.2 Å². The molecule has 30 heavy (non-hydrogen) atoms. The number of aromatic nitrogens is 3. The summed E-state index contributed by atoms with van der Waals surface area (Å²) in [6.45, 7) is 8.56. The normalized spacial score (nSPS) is 14.4. The first-order valence-electron chi connectivity index (χ1n) is 9.91. The van der Waals surface area contributed by atoms with Crippen LogP contribution in [0.3, 0.4) is 0 Å². The van der Waals surface area contributed by atoms with Crippen LogP contribution in [-0.4, -0.2) is 64.7 Å². The smallest absolute Gasteiger partial charge is 0.233 e. The van der Waals surface area contributed by atoms with Gasteiger partial charge in [0.2, 0.25) is 11.9 Å². The van der Waals surface area contributed by atoms with E-state index in [-0.39, 0.29) is 11.7 Å².